The zero-order valence-corrected chi connectivity index (χ0v) is 11.1. The predicted molar refractivity (Wildman–Crippen MR) is 62.5 cm³/mol. The molecule has 6 nitrogen and oxygen atoms in total. The summed E-state index contributed by atoms with van der Waals surface area (Å²) >= 11 is 0. The summed E-state index contributed by atoms with van der Waals surface area (Å²) in [5, 5.41) is 9.08. The Hall–Kier alpha value is -1.77. The van der Waals surface area contributed by atoms with Crippen LogP contribution in [0, 0.1) is 16.7 Å². The van der Waals surface area contributed by atoms with E-state index in [0.29, 0.717) is 0 Å². The lowest BCUT2D eigenvalue weighted by Gasteiger charge is -2.44. The summed E-state index contributed by atoms with van der Waals surface area (Å²) in [6.45, 7) is 5.73. The largest absolute Gasteiger partial charge is 0.469 e. The van der Waals surface area contributed by atoms with Gasteiger partial charge in [-0.2, -0.15) is 5.26 Å². The Labute approximate surface area is 106 Å². The van der Waals surface area contributed by atoms with Crippen molar-refractivity contribution in [3.63, 3.8) is 0 Å². The minimum Gasteiger partial charge on any atom is -0.469 e. The highest BCUT2D eigenvalue weighted by Gasteiger charge is 2.48. The number of amides is 1. The van der Waals surface area contributed by atoms with E-state index in [4.69, 9.17) is 10.00 Å². The molecule has 1 rings (SSSR count). The Kier molecular flexibility index (Phi) is 3.85. The summed E-state index contributed by atoms with van der Waals surface area (Å²) < 4.78 is 9.71. The van der Waals surface area contributed by atoms with E-state index in [1.165, 1.54) is 12.0 Å². The van der Waals surface area contributed by atoms with Gasteiger partial charge < -0.3 is 14.4 Å². The number of hydrogen-bond donors (Lipinski definition) is 0. The number of carbonyl (C=O) groups is 2. The maximum atomic E-state index is 11.7. The van der Waals surface area contributed by atoms with Crippen molar-refractivity contribution in [1.29, 1.82) is 5.26 Å². The second-order valence-electron chi connectivity index (χ2n) is 5.48. The topological polar surface area (TPSA) is 79.6 Å². The van der Waals surface area contributed by atoms with Gasteiger partial charge in [-0.05, 0) is 20.8 Å². The fraction of sp³-hybridized carbons (Fsp3) is 0.750. The van der Waals surface area contributed by atoms with Crippen LogP contribution >= 0.6 is 0 Å². The highest BCUT2D eigenvalue weighted by atomic mass is 16.6. The standard InChI is InChI=1S/C12H18N2O4/c1-11(2,3)18-10(16)14-7-12(6-13,8-14)5-9(15)17-4/h5,7-8H2,1-4H3. The van der Waals surface area contributed by atoms with Crippen LogP contribution in [0.15, 0.2) is 0 Å². The lowest BCUT2D eigenvalue weighted by atomic mass is 9.78. The van der Waals surface area contributed by atoms with Gasteiger partial charge in [-0.15, -0.1) is 0 Å². The molecule has 1 aliphatic rings. The zero-order chi connectivity index (χ0) is 14.0. The number of likely N-dealkylation sites (tertiary alicyclic amines) is 1. The van der Waals surface area contributed by atoms with Crippen LogP contribution in [-0.2, 0) is 14.3 Å². The molecule has 0 radical (unpaired) electrons. The molecular formula is C12H18N2O4. The molecular weight excluding hydrogens is 236 g/mol. The van der Waals surface area contributed by atoms with E-state index >= 15 is 0 Å². The molecule has 1 aliphatic heterocycles. The number of nitrogens with zero attached hydrogens (tertiary/aromatic N) is 2. The van der Waals surface area contributed by atoms with Crippen LogP contribution in [0.5, 0.6) is 0 Å². The maximum absolute atomic E-state index is 11.7. The molecule has 0 aliphatic carbocycles. The van der Waals surface area contributed by atoms with Crippen molar-refractivity contribution in [2.24, 2.45) is 5.41 Å². The second kappa shape index (κ2) is 4.84. The molecule has 0 spiro atoms. The second-order valence-corrected chi connectivity index (χ2v) is 5.48. The van der Waals surface area contributed by atoms with Crippen LogP contribution in [0.2, 0.25) is 0 Å². The monoisotopic (exact) mass is 254 g/mol. The minimum atomic E-state index is -0.829. The van der Waals surface area contributed by atoms with Crippen molar-refractivity contribution in [1.82, 2.24) is 4.90 Å². The molecule has 1 amide bonds. The number of ether oxygens (including phenoxy) is 2. The summed E-state index contributed by atoms with van der Waals surface area (Å²) in [5.74, 6) is -0.444. The quantitative estimate of drug-likeness (QED) is 0.694. The van der Waals surface area contributed by atoms with Gasteiger partial charge in [0, 0.05) is 13.1 Å². The third-order valence-electron chi connectivity index (χ3n) is 2.59. The van der Waals surface area contributed by atoms with E-state index in [2.05, 4.69) is 10.8 Å². The molecule has 100 valence electrons. The first kappa shape index (κ1) is 14.3. The van der Waals surface area contributed by atoms with Gasteiger partial charge in [0.1, 0.15) is 11.0 Å². The van der Waals surface area contributed by atoms with E-state index in [9.17, 15) is 9.59 Å². The number of rotatable bonds is 2. The molecule has 1 saturated heterocycles. The van der Waals surface area contributed by atoms with Gasteiger partial charge in [0.2, 0.25) is 0 Å². The van der Waals surface area contributed by atoms with Crippen LogP contribution in [-0.4, -0.2) is 42.8 Å². The maximum Gasteiger partial charge on any atom is 0.410 e. The molecule has 1 heterocycles. The zero-order valence-electron chi connectivity index (χ0n) is 11.1. The van der Waals surface area contributed by atoms with Gasteiger partial charge in [-0.1, -0.05) is 0 Å². The lowest BCUT2D eigenvalue weighted by molar-refractivity contribution is -0.145. The first-order chi connectivity index (χ1) is 8.21. The third-order valence-corrected chi connectivity index (χ3v) is 2.59. The first-order valence-electron chi connectivity index (χ1n) is 5.67. The van der Waals surface area contributed by atoms with Gasteiger partial charge in [0.15, 0.2) is 0 Å². The number of methoxy groups -OCH3 is 1. The fourth-order valence-electron chi connectivity index (χ4n) is 1.71. The summed E-state index contributed by atoms with van der Waals surface area (Å²) in [6.07, 6.45) is -0.461. The smallest absolute Gasteiger partial charge is 0.410 e. The SMILES string of the molecule is COC(=O)CC1(C#N)CN(C(=O)OC(C)(C)C)C1. The van der Waals surface area contributed by atoms with Crippen molar-refractivity contribution >= 4 is 12.1 Å². The third kappa shape index (κ3) is 3.36. The van der Waals surface area contributed by atoms with E-state index in [-0.39, 0.29) is 19.5 Å². The molecule has 0 aromatic rings. The average molecular weight is 254 g/mol. The van der Waals surface area contributed by atoms with Gasteiger partial charge in [0.05, 0.1) is 19.6 Å². The fourth-order valence-corrected chi connectivity index (χ4v) is 1.71. The van der Waals surface area contributed by atoms with Crippen LogP contribution in [0.25, 0.3) is 0 Å². The van der Waals surface area contributed by atoms with Gasteiger partial charge >= 0.3 is 12.1 Å². The highest BCUT2D eigenvalue weighted by Crippen LogP contribution is 2.34. The number of nitriles is 1. The lowest BCUT2D eigenvalue weighted by Crippen LogP contribution is -2.59. The van der Waals surface area contributed by atoms with Crippen molar-refractivity contribution in [3.8, 4) is 6.07 Å². The molecule has 0 bridgehead atoms. The van der Waals surface area contributed by atoms with Crippen LogP contribution < -0.4 is 0 Å². The highest BCUT2D eigenvalue weighted by molar-refractivity contribution is 5.73. The number of hydrogen-bond acceptors (Lipinski definition) is 5. The molecule has 18 heavy (non-hydrogen) atoms. The molecule has 0 saturated carbocycles. The minimum absolute atomic E-state index is 0.000697. The van der Waals surface area contributed by atoms with E-state index in [1.807, 2.05) is 0 Å². The normalized spacial score (nSPS) is 17.4. The molecule has 0 unspecified atom stereocenters. The van der Waals surface area contributed by atoms with Gasteiger partial charge in [0.25, 0.3) is 0 Å². The van der Waals surface area contributed by atoms with Gasteiger partial charge in [-0.3, -0.25) is 4.79 Å². The van der Waals surface area contributed by atoms with Crippen molar-refractivity contribution in [2.45, 2.75) is 32.8 Å². The summed E-state index contributed by atoms with van der Waals surface area (Å²) in [5.41, 5.74) is -1.39. The molecule has 6 heteroatoms. The summed E-state index contributed by atoms with van der Waals surface area (Å²) in [6, 6.07) is 2.08. The average Bonchev–Trinajstić information content (AvgIpc) is 2.19. The number of carbonyl (C=O) groups excluding carboxylic acids is 2. The number of esters is 1. The molecule has 0 atom stereocenters. The molecule has 1 fully saturated rings. The van der Waals surface area contributed by atoms with Crippen LogP contribution in [0.1, 0.15) is 27.2 Å². The molecule has 0 aromatic heterocycles. The van der Waals surface area contributed by atoms with E-state index < -0.39 is 23.1 Å². The van der Waals surface area contributed by atoms with E-state index in [0.717, 1.165) is 0 Å². The Morgan fingerprint density at radius 3 is 2.33 bits per heavy atom. The predicted octanol–water partition coefficient (Wildman–Crippen LogP) is 1.31. The Morgan fingerprint density at radius 1 is 1.39 bits per heavy atom. The van der Waals surface area contributed by atoms with Crippen molar-refractivity contribution < 1.29 is 19.1 Å². The Morgan fingerprint density at radius 2 is 1.94 bits per heavy atom. The Bertz CT molecular complexity index is 386. The van der Waals surface area contributed by atoms with Crippen LogP contribution in [0.3, 0.4) is 0 Å². The van der Waals surface area contributed by atoms with E-state index in [1.54, 1.807) is 20.8 Å². The molecule has 0 aromatic carbocycles. The molecule has 0 N–H and O–H groups in total. The van der Waals surface area contributed by atoms with Gasteiger partial charge in [-0.25, -0.2) is 4.79 Å². The Balaban J connectivity index is 2.53. The van der Waals surface area contributed by atoms with Crippen molar-refractivity contribution in [3.05, 3.63) is 0 Å². The first-order valence-corrected chi connectivity index (χ1v) is 5.67. The summed E-state index contributed by atoms with van der Waals surface area (Å²) in [7, 11) is 1.28. The summed E-state index contributed by atoms with van der Waals surface area (Å²) in [4.78, 5) is 24.3. The van der Waals surface area contributed by atoms with Crippen LogP contribution in [0.4, 0.5) is 4.79 Å². The van der Waals surface area contributed by atoms with Crippen molar-refractivity contribution in [2.75, 3.05) is 20.2 Å².